The van der Waals surface area contributed by atoms with Crippen LogP contribution in [0.3, 0.4) is 0 Å². The number of ether oxygens (including phenoxy) is 1. The average Bonchev–Trinajstić information content (AvgIpc) is 2.95. The third-order valence-corrected chi connectivity index (χ3v) is 4.10. The molecular weight excluding hydrogens is 352 g/mol. The third-order valence-electron chi connectivity index (χ3n) is 4.10. The fourth-order valence-electron chi connectivity index (χ4n) is 2.99. The summed E-state index contributed by atoms with van der Waals surface area (Å²) in [4.78, 5) is 36.2. The Bertz CT molecular complexity index is 689. The van der Waals surface area contributed by atoms with Crippen LogP contribution < -0.4 is 21.3 Å². The van der Waals surface area contributed by atoms with Crippen molar-refractivity contribution in [2.45, 2.75) is 58.4 Å². The molecule has 0 saturated carbocycles. The first-order chi connectivity index (χ1) is 12.8. The topological polar surface area (TPSA) is 126 Å². The molecule has 0 radical (unpaired) electrons. The number of anilines is 1. The molecule has 1 fully saturated rings. The van der Waals surface area contributed by atoms with Gasteiger partial charge in [0.25, 0.3) is 0 Å². The van der Waals surface area contributed by atoms with Crippen LogP contribution in [0.2, 0.25) is 0 Å². The van der Waals surface area contributed by atoms with E-state index in [4.69, 9.17) is 4.74 Å². The molecule has 4 N–H and O–H groups in total. The number of aromatic nitrogens is 2. The largest absolute Gasteiger partial charge is 0.383 e. The molecule has 2 heterocycles. The lowest BCUT2D eigenvalue weighted by Gasteiger charge is -2.32. The van der Waals surface area contributed by atoms with Crippen LogP contribution in [0.1, 0.15) is 45.1 Å². The minimum atomic E-state index is -0.814. The molecule has 10 nitrogen and oxygen atoms in total. The Hall–Kier alpha value is -2.46. The van der Waals surface area contributed by atoms with Crippen LogP contribution in [0.25, 0.3) is 0 Å². The molecule has 2 rings (SSSR count). The lowest BCUT2D eigenvalue weighted by molar-refractivity contribution is -0.136. The van der Waals surface area contributed by atoms with Gasteiger partial charge in [-0.05, 0) is 20.3 Å². The fraction of sp³-hybridized carbons (Fsp3) is 0.647. The zero-order valence-corrected chi connectivity index (χ0v) is 16.2. The second-order valence-electron chi connectivity index (χ2n) is 6.73. The summed E-state index contributed by atoms with van der Waals surface area (Å²) in [6, 6.07) is 1.37. The summed E-state index contributed by atoms with van der Waals surface area (Å²) in [5, 5.41) is 15.6. The summed E-state index contributed by atoms with van der Waals surface area (Å²) in [6.45, 7) is 5.85. The van der Waals surface area contributed by atoms with E-state index in [2.05, 4.69) is 33.3 Å². The highest BCUT2D eigenvalue weighted by molar-refractivity contribution is 6.39. The SMILES string of the molecule is CCCC1CC(=O)NC(n2nc(C)cc2NC(=O)C(=O)NC(C)COC)N1. The molecule has 1 aliphatic rings. The lowest BCUT2D eigenvalue weighted by Crippen LogP contribution is -2.53. The van der Waals surface area contributed by atoms with Crippen molar-refractivity contribution in [1.82, 2.24) is 25.7 Å². The van der Waals surface area contributed by atoms with Gasteiger partial charge in [-0.1, -0.05) is 13.3 Å². The standard InChI is InChI=1S/C17H28N6O4/c1-5-6-12-8-14(24)21-17(19-12)23-13(7-10(2)22-23)20-16(26)15(25)18-11(3)9-27-4/h7,11-12,17,19H,5-6,8-9H2,1-4H3,(H,18,25)(H,20,26)(H,21,24). The molecule has 1 aliphatic heterocycles. The summed E-state index contributed by atoms with van der Waals surface area (Å²) >= 11 is 0. The maximum atomic E-state index is 12.2. The maximum Gasteiger partial charge on any atom is 0.314 e. The van der Waals surface area contributed by atoms with Gasteiger partial charge in [0.2, 0.25) is 5.91 Å². The molecule has 1 aromatic rings. The summed E-state index contributed by atoms with van der Waals surface area (Å²) in [6.07, 6.45) is 1.60. The van der Waals surface area contributed by atoms with Gasteiger partial charge in [0, 0.05) is 31.7 Å². The number of rotatable bonds is 7. The molecule has 27 heavy (non-hydrogen) atoms. The molecule has 0 bridgehead atoms. The van der Waals surface area contributed by atoms with E-state index in [9.17, 15) is 14.4 Å². The zero-order valence-electron chi connectivity index (χ0n) is 16.2. The van der Waals surface area contributed by atoms with E-state index in [0.29, 0.717) is 24.5 Å². The summed E-state index contributed by atoms with van der Waals surface area (Å²) in [5.41, 5.74) is 0.645. The van der Waals surface area contributed by atoms with Gasteiger partial charge in [-0.25, -0.2) is 4.68 Å². The van der Waals surface area contributed by atoms with Crippen molar-refractivity contribution in [2.75, 3.05) is 19.0 Å². The zero-order chi connectivity index (χ0) is 20.0. The molecule has 3 atom stereocenters. The first-order valence-corrected chi connectivity index (χ1v) is 9.06. The first kappa shape index (κ1) is 20.8. The molecule has 1 saturated heterocycles. The molecule has 0 aromatic carbocycles. The number of carbonyl (C=O) groups is 3. The molecule has 150 valence electrons. The number of nitrogens with one attached hydrogen (secondary N) is 4. The maximum absolute atomic E-state index is 12.2. The highest BCUT2D eigenvalue weighted by Gasteiger charge is 2.29. The van der Waals surface area contributed by atoms with Gasteiger partial charge in [-0.2, -0.15) is 5.10 Å². The highest BCUT2D eigenvalue weighted by Crippen LogP contribution is 2.18. The van der Waals surface area contributed by atoms with E-state index >= 15 is 0 Å². The van der Waals surface area contributed by atoms with Crippen molar-refractivity contribution < 1.29 is 19.1 Å². The fourth-order valence-corrected chi connectivity index (χ4v) is 2.99. The highest BCUT2D eigenvalue weighted by atomic mass is 16.5. The Morgan fingerprint density at radius 3 is 2.85 bits per heavy atom. The number of aryl methyl sites for hydroxylation is 1. The van der Waals surface area contributed by atoms with Crippen molar-refractivity contribution >= 4 is 23.5 Å². The second-order valence-corrected chi connectivity index (χ2v) is 6.73. The van der Waals surface area contributed by atoms with Crippen LogP contribution in [0.15, 0.2) is 6.07 Å². The number of nitrogens with zero attached hydrogens (tertiary/aromatic N) is 2. The number of hydrogen-bond acceptors (Lipinski definition) is 6. The summed E-state index contributed by atoms with van der Waals surface area (Å²) in [7, 11) is 1.52. The van der Waals surface area contributed by atoms with Crippen LogP contribution in [0.4, 0.5) is 5.82 Å². The van der Waals surface area contributed by atoms with Gasteiger partial charge >= 0.3 is 11.8 Å². The summed E-state index contributed by atoms with van der Waals surface area (Å²) < 4.78 is 6.41. The molecule has 0 aliphatic carbocycles. The lowest BCUT2D eigenvalue weighted by atomic mass is 10.1. The smallest absolute Gasteiger partial charge is 0.314 e. The number of methoxy groups -OCH3 is 1. The van der Waals surface area contributed by atoms with Crippen molar-refractivity contribution in [3.63, 3.8) is 0 Å². The van der Waals surface area contributed by atoms with Crippen LogP contribution in [0.5, 0.6) is 0 Å². The van der Waals surface area contributed by atoms with Crippen LogP contribution in [0, 0.1) is 6.92 Å². The van der Waals surface area contributed by atoms with Crippen molar-refractivity contribution in [3.05, 3.63) is 11.8 Å². The summed E-state index contributed by atoms with van der Waals surface area (Å²) in [5.74, 6) is -1.35. The van der Waals surface area contributed by atoms with Gasteiger partial charge in [-0.15, -0.1) is 0 Å². The Morgan fingerprint density at radius 2 is 2.19 bits per heavy atom. The quantitative estimate of drug-likeness (QED) is 0.494. The molecular formula is C17H28N6O4. The predicted molar refractivity (Wildman–Crippen MR) is 98.7 cm³/mol. The van der Waals surface area contributed by atoms with Crippen molar-refractivity contribution in [1.29, 1.82) is 0 Å². The van der Waals surface area contributed by atoms with E-state index in [0.717, 1.165) is 12.8 Å². The molecule has 1 aromatic heterocycles. The second kappa shape index (κ2) is 9.47. The predicted octanol–water partition coefficient (Wildman–Crippen LogP) is 0.0154. The minimum Gasteiger partial charge on any atom is -0.383 e. The number of hydrogen-bond donors (Lipinski definition) is 4. The van der Waals surface area contributed by atoms with E-state index in [-0.39, 0.29) is 18.0 Å². The average molecular weight is 380 g/mol. The minimum absolute atomic E-state index is 0.0278. The van der Waals surface area contributed by atoms with Gasteiger partial charge < -0.3 is 20.7 Å². The van der Waals surface area contributed by atoms with Crippen molar-refractivity contribution in [2.24, 2.45) is 0 Å². The monoisotopic (exact) mass is 380 g/mol. The molecule has 3 unspecified atom stereocenters. The van der Waals surface area contributed by atoms with E-state index < -0.39 is 18.1 Å². The Morgan fingerprint density at radius 1 is 1.44 bits per heavy atom. The van der Waals surface area contributed by atoms with E-state index in [1.165, 1.54) is 11.8 Å². The van der Waals surface area contributed by atoms with E-state index in [1.54, 1.807) is 19.9 Å². The van der Waals surface area contributed by atoms with Crippen LogP contribution >= 0.6 is 0 Å². The van der Waals surface area contributed by atoms with Gasteiger partial charge in [0.15, 0.2) is 6.29 Å². The number of amides is 3. The first-order valence-electron chi connectivity index (χ1n) is 9.06. The third kappa shape index (κ3) is 5.76. The van der Waals surface area contributed by atoms with Gasteiger partial charge in [0.05, 0.1) is 12.3 Å². The van der Waals surface area contributed by atoms with E-state index in [1.807, 2.05) is 0 Å². The molecule has 10 heteroatoms. The Labute approximate surface area is 158 Å². The Kier molecular flexibility index (Phi) is 7.31. The molecule has 3 amide bonds. The van der Waals surface area contributed by atoms with Gasteiger partial charge in [0.1, 0.15) is 5.82 Å². The molecule has 0 spiro atoms. The van der Waals surface area contributed by atoms with Crippen LogP contribution in [-0.4, -0.2) is 53.3 Å². The Balaban J connectivity index is 2.09. The van der Waals surface area contributed by atoms with Gasteiger partial charge in [-0.3, -0.25) is 19.7 Å². The number of carbonyl (C=O) groups excluding carboxylic acids is 3. The van der Waals surface area contributed by atoms with Crippen molar-refractivity contribution in [3.8, 4) is 0 Å². The van der Waals surface area contributed by atoms with Crippen LogP contribution in [-0.2, 0) is 19.1 Å². The normalized spacial score (nSPS) is 20.7.